The van der Waals surface area contributed by atoms with Crippen molar-refractivity contribution >= 4 is 5.91 Å². The predicted octanol–water partition coefficient (Wildman–Crippen LogP) is 2.02. The van der Waals surface area contributed by atoms with Gasteiger partial charge in [-0.1, -0.05) is 6.92 Å². The van der Waals surface area contributed by atoms with Crippen molar-refractivity contribution in [2.75, 3.05) is 26.8 Å². The van der Waals surface area contributed by atoms with Crippen LogP contribution in [0, 0.1) is 11.8 Å². The molecule has 0 aromatic rings. The SMILES string of the molecule is COCCN(C(=O)CCC(C)CCN)C(C)C1CC1. The Labute approximate surface area is 117 Å². The number of amides is 1. The van der Waals surface area contributed by atoms with Crippen LogP contribution >= 0.6 is 0 Å². The fourth-order valence-corrected chi connectivity index (χ4v) is 2.52. The molecule has 4 nitrogen and oxygen atoms in total. The summed E-state index contributed by atoms with van der Waals surface area (Å²) in [4.78, 5) is 14.4. The quantitative estimate of drug-likeness (QED) is 0.661. The minimum atomic E-state index is 0.278. The Morgan fingerprint density at radius 2 is 2.05 bits per heavy atom. The van der Waals surface area contributed by atoms with Crippen molar-refractivity contribution in [3.63, 3.8) is 0 Å². The molecule has 2 N–H and O–H groups in total. The summed E-state index contributed by atoms with van der Waals surface area (Å²) in [5.74, 6) is 1.53. The second-order valence-corrected chi connectivity index (χ2v) is 5.88. The molecule has 2 unspecified atom stereocenters. The van der Waals surface area contributed by atoms with E-state index in [0.717, 1.165) is 19.4 Å². The highest BCUT2D eigenvalue weighted by atomic mass is 16.5. The zero-order valence-corrected chi connectivity index (χ0v) is 12.7. The molecule has 1 rings (SSSR count). The van der Waals surface area contributed by atoms with E-state index in [4.69, 9.17) is 10.5 Å². The van der Waals surface area contributed by atoms with E-state index in [0.29, 0.717) is 37.5 Å². The van der Waals surface area contributed by atoms with Gasteiger partial charge >= 0.3 is 0 Å². The molecule has 1 saturated carbocycles. The summed E-state index contributed by atoms with van der Waals surface area (Å²) in [6, 6.07) is 0.368. The molecular formula is C15H30N2O2. The number of carbonyl (C=O) groups excluding carboxylic acids is 1. The fraction of sp³-hybridized carbons (Fsp3) is 0.933. The van der Waals surface area contributed by atoms with Gasteiger partial charge in [-0.05, 0) is 51.0 Å². The summed E-state index contributed by atoms with van der Waals surface area (Å²) in [6.45, 7) is 6.40. The third-order valence-corrected chi connectivity index (χ3v) is 4.16. The lowest BCUT2D eigenvalue weighted by Crippen LogP contribution is -2.42. The summed E-state index contributed by atoms with van der Waals surface area (Å²) in [7, 11) is 1.69. The van der Waals surface area contributed by atoms with Gasteiger partial charge in [-0.2, -0.15) is 0 Å². The summed E-state index contributed by atoms with van der Waals surface area (Å²) in [6.07, 6.45) is 5.12. The van der Waals surface area contributed by atoms with Crippen molar-refractivity contribution in [1.82, 2.24) is 4.90 Å². The largest absolute Gasteiger partial charge is 0.383 e. The van der Waals surface area contributed by atoms with Crippen LogP contribution in [0.5, 0.6) is 0 Å². The smallest absolute Gasteiger partial charge is 0.222 e. The average Bonchev–Trinajstić information content (AvgIpc) is 3.21. The minimum absolute atomic E-state index is 0.278. The van der Waals surface area contributed by atoms with E-state index in [1.807, 2.05) is 4.90 Å². The lowest BCUT2D eigenvalue weighted by atomic mass is 10.0. The van der Waals surface area contributed by atoms with E-state index in [2.05, 4.69) is 13.8 Å². The zero-order chi connectivity index (χ0) is 14.3. The molecule has 1 aliphatic rings. The van der Waals surface area contributed by atoms with Crippen LogP contribution in [-0.2, 0) is 9.53 Å². The molecule has 0 radical (unpaired) electrons. The van der Waals surface area contributed by atoms with Crippen LogP contribution in [0.4, 0.5) is 0 Å². The summed E-state index contributed by atoms with van der Waals surface area (Å²) in [5.41, 5.74) is 5.55. The molecular weight excluding hydrogens is 240 g/mol. The number of ether oxygens (including phenoxy) is 1. The molecule has 0 saturated heterocycles. The third-order valence-electron chi connectivity index (χ3n) is 4.16. The maximum Gasteiger partial charge on any atom is 0.222 e. The predicted molar refractivity (Wildman–Crippen MR) is 77.8 cm³/mol. The third kappa shape index (κ3) is 5.91. The lowest BCUT2D eigenvalue weighted by Gasteiger charge is -2.29. The van der Waals surface area contributed by atoms with E-state index < -0.39 is 0 Å². The van der Waals surface area contributed by atoms with Gasteiger partial charge in [0, 0.05) is 26.1 Å². The molecule has 0 aromatic heterocycles. The van der Waals surface area contributed by atoms with E-state index in [1.54, 1.807) is 7.11 Å². The topological polar surface area (TPSA) is 55.6 Å². The number of methoxy groups -OCH3 is 1. The van der Waals surface area contributed by atoms with E-state index in [1.165, 1.54) is 12.8 Å². The maximum absolute atomic E-state index is 12.4. The highest BCUT2D eigenvalue weighted by Gasteiger charge is 2.33. The molecule has 4 heteroatoms. The Hall–Kier alpha value is -0.610. The van der Waals surface area contributed by atoms with Gasteiger partial charge in [0.25, 0.3) is 0 Å². The van der Waals surface area contributed by atoms with Crippen molar-refractivity contribution in [2.45, 2.75) is 52.0 Å². The number of rotatable bonds is 10. The molecule has 0 bridgehead atoms. The Morgan fingerprint density at radius 3 is 2.58 bits per heavy atom. The van der Waals surface area contributed by atoms with Crippen molar-refractivity contribution in [3.05, 3.63) is 0 Å². The van der Waals surface area contributed by atoms with E-state index in [9.17, 15) is 4.79 Å². The van der Waals surface area contributed by atoms with Gasteiger partial charge in [0.05, 0.1) is 6.61 Å². The standard InChI is InChI=1S/C15H30N2O2/c1-12(8-9-16)4-7-15(18)17(10-11-19-3)13(2)14-5-6-14/h12-14H,4-11,16H2,1-3H3. The van der Waals surface area contributed by atoms with Crippen molar-refractivity contribution in [3.8, 4) is 0 Å². The van der Waals surface area contributed by atoms with Gasteiger partial charge in [0.1, 0.15) is 0 Å². The Bertz CT molecular complexity index is 267. The van der Waals surface area contributed by atoms with E-state index in [-0.39, 0.29) is 5.91 Å². The first-order chi connectivity index (χ1) is 9.10. The first kappa shape index (κ1) is 16.4. The van der Waals surface area contributed by atoms with Crippen LogP contribution in [-0.4, -0.2) is 43.7 Å². The van der Waals surface area contributed by atoms with Crippen molar-refractivity contribution in [2.24, 2.45) is 17.6 Å². The lowest BCUT2D eigenvalue weighted by molar-refractivity contribution is -0.134. The highest BCUT2D eigenvalue weighted by Crippen LogP contribution is 2.35. The molecule has 2 atom stereocenters. The number of nitrogens with zero attached hydrogens (tertiary/aromatic N) is 1. The Kier molecular flexibility index (Phi) is 7.39. The number of carbonyl (C=O) groups is 1. The van der Waals surface area contributed by atoms with Gasteiger partial charge in [-0.25, -0.2) is 0 Å². The number of hydrogen-bond donors (Lipinski definition) is 1. The molecule has 0 heterocycles. The Morgan fingerprint density at radius 1 is 1.37 bits per heavy atom. The molecule has 1 fully saturated rings. The highest BCUT2D eigenvalue weighted by molar-refractivity contribution is 5.76. The van der Waals surface area contributed by atoms with Gasteiger partial charge in [-0.15, -0.1) is 0 Å². The molecule has 1 amide bonds. The normalized spacial score (nSPS) is 18.1. The molecule has 0 aromatic carbocycles. The van der Waals surface area contributed by atoms with Gasteiger partial charge in [0.2, 0.25) is 5.91 Å². The van der Waals surface area contributed by atoms with Crippen LogP contribution in [0.1, 0.15) is 46.0 Å². The molecule has 0 spiro atoms. The van der Waals surface area contributed by atoms with Crippen LogP contribution in [0.2, 0.25) is 0 Å². The number of nitrogens with two attached hydrogens (primary N) is 1. The summed E-state index contributed by atoms with van der Waals surface area (Å²) < 4.78 is 5.13. The zero-order valence-electron chi connectivity index (χ0n) is 12.7. The Balaban J connectivity index is 2.41. The van der Waals surface area contributed by atoms with E-state index >= 15 is 0 Å². The summed E-state index contributed by atoms with van der Waals surface area (Å²) in [5, 5.41) is 0. The first-order valence-electron chi connectivity index (χ1n) is 7.58. The molecule has 112 valence electrons. The van der Waals surface area contributed by atoms with Crippen LogP contribution in [0.25, 0.3) is 0 Å². The second-order valence-electron chi connectivity index (χ2n) is 5.88. The van der Waals surface area contributed by atoms with Crippen LogP contribution in [0.3, 0.4) is 0 Å². The number of hydrogen-bond acceptors (Lipinski definition) is 3. The fourth-order valence-electron chi connectivity index (χ4n) is 2.52. The minimum Gasteiger partial charge on any atom is -0.383 e. The summed E-state index contributed by atoms with van der Waals surface area (Å²) >= 11 is 0. The van der Waals surface area contributed by atoms with Crippen LogP contribution < -0.4 is 5.73 Å². The van der Waals surface area contributed by atoms with Crippen molar-refractivity contribution in [1.29, 1.82) is 0 Å². The maximum atomic E-state index is 12.4. The van der Waals surface area contributed by atoms with Crippen molar-refractivity contribution < 1.29 is 9.53 Å². The average molecular weight is 270 g/mol. The van der Waals surface area contributed by atoms with Gasteiger partial charge in [0.15, 0.2) is 0 Å². The van der Waals surface area contributed by atoms with Gasteiger partial charge < -0.3 is 15.4 Å². The molecule has 19 heavy (non-hydrogen) atoms. The molecule has 0 aliphatic heterocycles. The monoisotopic (exact) mass is 270 g/mol. The van der Waals surface area contributed by atoms with Crippen LogP contribution in [0.15, 0.2) is 0 Å². The molecule has 1 aliphatic carbocycles. The van der Waals surface area contributed by atoms with Gasteiger partial charge in [-0.3, -0.25) is 4.79 Å². The second kappa shape index (κ2) is 8.54. The first-order valence-corrected chi connectivity index (χ1v) is 7.58.